The summed E-state index contributed by atoms with van der Waals surface area (Å²) < 4.78 is 53.7. The average Bonchev–Trinajstić information content (AvgIpc) is 2.87. The molecule has 0 atom stereocenters. The number of hydrogen-bond acceptors (Lipinski definition) is 5. The van der Waals surface area contributed by atoms with Crippen molar-refractivity contribution in [2.45, 2.75) is 12.6 Å². The molecule has 0 unspecified atom stereocenters. The maximum atomic E-state index is 14.9. The van der Waals surface area contributed by atoms with E-state index in [1.54, 1.807) is 35.2 Å². The van der Waals surface area contributed by atoms with E-state index in [0.29, 0.717) is 22.9 Å². The Labute approximate surface area is 214 Å². The molecule has 3 heterocycles. The Kier molecular flexibility index (Phi) is 6.68. The quantitative estimate of drug-likeness (QED) is 0.282. The molecule has 1 saturated heterocycles. The Bertz CT molecular complexity index is 1540. The van der Waals surface area contributed by atoms with Gasteiger partial charge in [0.15, 0.2) is 18.6 Å². The second kappa shape index (κ2) is 9.67. The Morgan fingerprint density at radius 2 is 1.78 bits per heavy atom. The SMILES string of the molecule is O=c1[nH]nc(Cc2ccc(F)c([P+]3(O)CCN(c4ncc(C(F)(F)F)cc4Cl)CC3)c2)c2ccccc12. The molecule has 5 rings (SSSR count). The fourth-order valence-corrected chi connectivity index (χ4v) is 7.57. The fraction of sp³-hybridized carbons (Fsp3) is 0.240. The highest BCUT2D eigenvalue weighted by Crippen LogP contribution is 2.55. The highest BCUT2D eigenvalue weighted by atomic mass is 35.5. The van der Waals surface area contributed by atoms with Crippen LogP contribution in [0.1, 0.15) is 16.8 Å². The predicted molar refractivity (Wildman–Crippen MR) is 137 cm³/mol. The zero-order chi connectivity index (χ0) is 26.4. The van der Waals surface area contributed by atoms with Crippen LogP contribution in [0.15, 0.2) is 59.5 Å². The summed E-state index contributed by atoms with van der Waals surface area (Å²) in [6, 6.07) is 12.5. The van der Waals surface area contributed by atoms with Crippen LogP contribution in [0, 0.1) is 5.82 Å². The summed E-state index contributed by atoms with van der Waals surface area (Å²) in [6.07, 6.45) is -3.04. The van der Waals surface area contributed by atoms with Crippen molar-refractivity contribution >= 4 is 41.0 Å². The van der Waals surface area contributed by atoms with Gasteiger partial charge in [-0.25, -0.2) is 19.4 Å². The van der Waals surface area contributed by atoms with Gasteiger partial charge in [-0.3, -0.25) is 4.79 Å². The monoisotopic (exact) mass is 551 g/mol. The van der Waals surface area contributed by atoms with Gasteiger partial charge >= 0.3 is 6.18 Å². The minimum Gasteiger partial charge on any atom is -0.348 e. The second-order valence-corrected chi connectivity index (χ2v) is 12.5. The molecule has 0 saturated carbocycles. The van der Waals surface area contributed by atoms with E-state index in [0.717, 1.165) is 17.8 Å². The number of nitrogens with zero attached hydrogens (tertiary/aromatic N) is 3. The minimum absolute atomic E-state index is 0.132. The molecule has 0 aliphatic carbocycles. The number of alkyl halides is 3. The Morgan fingerprint density at radius 1 is 1.08 bits per heavy atom. The third kappa shape index (κ3) is 5.06. The van der Waals surface area contributed by atoms with Crippen LogP contribution >= 0.6 is 19.1 Å². The van der Waals surface area contributed by atoms with Gasteiger partial charge in [0.2, 0.25) is 0 Å². The second-order valence-electron chi connectivity index (χ2n) is 8.89. The van der Waals surface area contributed by atoms with E-state index in [4.69, 9.17) is 11.6 Å². The van der Waals surface area contributed by atoms with Crippen molar-refractivity contribution in [3.63, 3.8) is 0 Å². The lowest BCUT2D eigenvalue weighted by Gasteiger charge is -2.33. The van der Waals surface area contributed by atoms with Crippen molar-refractivity contribution in [3.8, 4) is 0 Å². The first-order chi connectivity index (χ1) is 17.5. The van der Waals surface area contributed by atoms with E-state index in [1.165, 1.54) is 6.07 Å². The molecule has 1 aliphatic rings. The number of aromatic nitrogens is 3. The highest BCUT2D eigenvalue weighted by molar-refractivity contribution is 7.77. The van der Waals surface area contributed by atoms with E-state index < -0.39 is 25.0 Å². The van der Waals surface area contributed by atoms with Gasteiger partial charge in [-0.05, 0) is 29.8 Å². The Hall–Kier alpha value is -3.07. The topological polar surface area (TPSA) is 82.1 Å². The van der Waals surface area contributed by atoms with Gasteiger partial charge in [-0.2, -0.15) is 18.3 Å². The number of halogens is 5. The zero-order valence-corrected chi connectivity index (χ0v) is 20.9. The minimum atomic E-state index is -4.55. The van der Waals surface area contributed by atoms with Gasteiger partial charge in [0, 0.05) is 18.0 Å². The molecule has 2 aromatic heterocycles. The van der Waals surface area contributed by atoms with Gasteiger partial charge in [0.05, 0.1) is 34.8 Å². The van der Waals surface area contributed by atoms with Crippen molar-refractivity contribution in [3.05, 3.63) is 92.7 Å². The molecule has 2 N–H and O–H groups in total. The first-order valence-corrected chi connectivity index (χ1v) is 13.9. The zero-order valence-electron chi connectivity index (χ0n) is 19.3. The van der Waals surface area contributed by atoms with Crippen LogP contribution in [0.3, 0.4) is 0 Å². The summed E-state index contributed by atoms with van der Waals surface area (Å²) in [5, 5.41) is 7.97. The van der Waals surface area contributed by atoms with Crippen LogP contribution in [-0.2, 0) is 12.6 Å². The van der Waals surface area contributed by atoms with E-state index in [9.17, 15) is 27.2 Å². The van der Waals surface area contributed by atoms with Gasteiger partial charge in [-0.15, -0.1) is 0 Å². The van der Waals surface area contributed by atoms with Crippen molar-refractivity contribution in [2.75, 3.05) is 30.3 Å². The summed E-state index contributed by atoms with van der Waals surface area (Å²) >= 11 is 6.09. The summed E-state index contributed by atoms with van der Waals surface area (Å²) in [5.74, 6) is -0.316. The van der Waals surface area contributed by atoms with Gasteiger partial charge in [0.25, 0.3) is 5.56 Å². The molecule has 0 spiro atoms. The summed E-state index contributed by atoms with van der Waals surface area (Å²) in [6.45, 7) is 0.524. The first kappa shape index (κ1) is 25.6. The number of benzene rings is 2. The largest absolute Gasteiger partial charge is 0.417 e. The summed E-state index contributed by atoms with van der Waals surface area (Å²) in [5.41, 5.74) is 0.111. The maximum Gasteiger partial charge on any atom is 0.417 e. The lowest BCUT2D eigenvalue weighted by Crippen LogP contribution is -2.40. The van der Waals surface area contributed by atoms with Gasteiger partial charge < -0.3 is 4.90 Å². The molecule has 0 radical (unpaired) electrons. The van der Waals surface area contributed by atoms with E-state index >= 15 is 0 Å². The number of H-pyrrole nitrogens is 1. The van der Waals surface area contributed by atoms with E-state index in [-0.39, 0.29) is 47.1 Å². The number of fused-ring (bicyclic) bond motifs is 1. The van der Waals surface area contributed by atoms with Crippen LogP contribution in [0.4, 0.5) is 23.4 Å². The predicted octanol–water partition coefficient (Wildman–Crippen LogP) is 4.79. The molecular weight excluding hydrogens is 531 g/mol. The van der Waals surface area contributed by atoms with E-state index in [2.05, 4.69) is 15.2 Å². The number of pyridine rings is 1. The number of nitrogens with one attached hydrogen (secondary N) is 1. The molecule has 0 amide bonds. The molecule has 1 aliphatic heterocycles. The molecule has 2 aromatic carbocycles. The van der Waals surface area contributed by atoms with Gasteiger partial charge in [0.1, 0.15) is 18.1 Å². The third-order valence-electron chi connectivity index (χ3n) is 6.53. The lowest BCUT2D eigenvalue weighted by molar-refractivity contribution is -0.137. The lowest BCUT2D eigenvalue weighted by atomic mass is 10.0. The first-order valence-electron chi connectivity index (χ1n) is 11.4. The maximum absolute atomic E-state index is 14.9. The molecule has 0 bridgehead atoms. The molecular formula is C25H21ClF4N4O2P+. The van der Waals surface area contributed by atoms with Crippen LogP contribution in [-0.4, -0.2) is 45.5 Å². The van der Waals surface area contributed by atoms with Crippen LogP contribution < -0.4 is 15.8 Å². The van der Waals surface area contributed by atoms with Crippen molar-refractivity contribution in [2.24, 2.45) is 0 Å². The Morgan fingerprint density at radius 3 is 2.46 bits per heavy atom. The van der Waals surface area contributed by atoms with Gasteiger partial charge in [-0.1, -0.05) is 35.9 Å². The fourth-order valence-electron chi connectivity index (χ4n) is 4.55. The molecule has 6 nitrogen and oxygen atoms in total. The standard InChI is InChI=1S/C25H20ClF4N4O2P/c26-19-13-16(25(28,29)30)14-31-23(19)34-7-9-37(36,10-8-34)22-12-15(5-6-20(22)27)11-21-17-3-1-2-4-18(17)24(35)33-32-21/h1-6,12-14,36H,7-11H2/p+1. The molecule has 37 heavy (non-hydrogen) atoms. The Balaban J connectivity index is 1.37. The van der Waals surface area contributed by atoms with Crippen LogP contribution in [0.25, 0.3) is 10.8 Å². The molecule has 12 heteroatoms. The molecule has 192 valence electrons. The summed E-state index contributed by atoms with van der Waals surface area (Å²) in [4.78, 5) is 29.2. The van der Waals surface area contributed by atoms with Crippen LogP contribution in [0.5, 0.6) is 0 Å². The smallest absolute Gasteiger partial charge is 0.348 e. The average molecular weight is 552 g/mol. The van der Waals surface area contributed by atoms with Crippen molar-refractivity contribution in [1.82, 2.24) is 15.2 Å². The van der Waals surface area contributed by atoms with E-state index in [1.807, 2.05) is 6.07 Å². The number of hydrogen-bond donors (Lipinski definition) is 2. The summed E-state index contributed by atoms with van der Waals surface area (Å²) in [7, 11) is -2.90. The van der Waals surface area contributed by atoms with Crippen LogP contribution in [0.2, 0.25) is 5.02 Å². The van der Waals surface area contributed by atoms with Crippen molar-refractivity contribution < 1.29 is 22.5 Å². The van der Waals surface area contributed by atoms with Crippen molar-refractivity contribution in [1.29, 1.82) is 0 Å². The highest BCUT2D eigenvalue weighted by Gasteiger charge is 2.45. The normalized spacial score (nSPS) is 15.8. The number of rotatable bonds is 4. The third-order valence-corrected chi connectivity index (χ3v) is 9.93. The number of aromatic amines is 1. The molecule has 4 aromatic rings. The number of anilines is 1. The molecule has 1 fully saturated rings.